The molecular weight excluding hydrogens is 246 g/mol. The van der Waals surface area contributed by atoms with Gasteiger partial charge in [0, 0.05) is 29.4 Å². The summed E-state index contributed by atoms with van der Waals surface area (Å²) in [6.45, 7) is 2.00. The van der Waals surface area contributed by atoms with Crippen LogP contribution in [-0.4, -0.2) is 23.5 Å². The van der Waals surface area contributed by atoms with Crippen molar-refractivity contribution >= 4 is 21.8 Å². The third-order valence-corrected chi connectivity index (χ3v) is 4.29. The minimum atomic E-state index is 0.784. The molecule has 2 aromatic carbocycles. The van der Waals surface area contributed by atoms with E-state index in [1.54, 1.807) is 0 Å². The maximum absolute atomic E-state index is 9.50. The third-order valence-electron chi connectivity index (χ3n) is 4.29. The van der Waals surface area contributed by atoms with Crippen molar-refractivity contribution in [3.63, 3.8) is 0 Å². The highest BCUT2D eigenvalue weighted by molar-refractivity contribution is 6.11. The lowest BCUT2D eigenvalue weighted by Gasteiger charge is -2.25. The molecule has 3 heteroatoms. The Morgan fingerprint density at radius 3 is 3.00 bits per heavy atom. The smallest absolute Gasteiger partial charge is 0.0999 e. The summed E-state index contributed by atoms with van der Waals surface area (Å²) in [5, 5.41) is 11.7. The van der Waals surface area contributed by atoms with Crippen LogP contribution in [0.4, 0.5) is 0 Å². The first-order valence-electron chi connectivity index (χ1n) is 6.92. The largest absolute Gasteiger partial charge is 0.354 e. The second-order valence-corrected chi connectivity index (χ2v) is 5.58. The van der Waals surface area contributed by atoms with Gasteiger partial charge >= 0.3 is 0 Å². The Morgan fingerprint density at radius 1 is 1.30 bits per heavy atom. The second kappa shape index (κ2) is 4.09. The molecule has 0 atom stereocenters. The molecular formula is C17H15N3. The zero-order valence-electron chi connectivity index (χ0n) is 11.4. The van der Waals surface area contributed by atoms with Crippen molar-refractivity contribution in [2.45, 2.75) is 13.0 Å². The maximum atomic E-state index is 9.50. The summed E-state index contributed by atoms with van der Waals surface area (Å²) in [6.07, 6.45) is 1.04. The Morgan fingerprint density at radius 2 is 2.15 bits per heavy atom. The van der Waals surface area contributed by atoms with Gasteiger partial charge in [-0.15, -0.1) is 0 Å². The molecule has 0 aliphatic carbocycles. The van der Waals surface area contributed by atoms with Gasteiger partial charge in [-0.2, -0.15) is 5.26 Å². The summed E-state index contributed by atoms with van der Waals surface area (Å²) in [6, 6.07) is 12.7. The first-order valence-corrected chi connectivity index (χ1v) is 6.92. The van der Waals surface area contributed by atoms with Crippen molar-refractivity contribution in [1.29, 1.82) is 5.26 Å². The van der Waals surface area contributed by atoms with Crippen LogP contribution in [0.5, 0.6) is 0 Å². The fourth-order valence-corrected chi connectivity index (χ4v) is 3.33. The quantitative estimate of drug-likeness (QED) is 0.675. The number of hydrogen-bond donors (Lipinski definition) is 1. The number of likely N-dealkylation sites (N-methyl/N-ethyl adjacent to an activating group) is 1. The molecule has 1 aromatic heterocycles. The average molecular weight is 261 g/mol. The van der Waals surface area contributed by atoms with E-state index in [0.717, 1.165) is 46.9 Å². The van der Waals surface area contributed by atoms with Crippen LogP contribution >= 0.6 is 0 Å². The van der Waals surface area contributed by atoms with Crippen molar-refractivity contribution < 1.29 is 0 Å². The standard InChI is InChI=1S/C17H15N3/c1-20-7-6-13-12(10-20)8-11(9-18)16-14-4-2-3-5-15(14)19-17(13)16/h2-5,8,19H,6-7,10H2,1H3. The molecule has 0 unspecified atom stereocenters. The molecule has 3 aromatic rings. The highest BCUT2D eigenvalue weighted by atomic mass is 15.1. The molecule has 0 saturated heterocycles. The number of aromatic amines is 1. The predicted octanol–water partition coefficient (Wildman–Crippen LogP) is 3.18. The molecule has 98 valence electrons. The molecule has 1 aliphatic rings. The van der Waals surface area contributed by atoms with E-state index in [2.05, 4.69) is 41.2 Å². The predicted molar refractivity (Wildman–Crippen MR) is 80.6 cm³/mol. The molecule has 0 saturated carbocycles. The molecule has 1 N–H and O–H groups in total. The summed E-state index contributed by atoms with van der Waals surface area (Å²) in [4.78, 5) is 5.83. The molecule has 0 bridgehead atoms. The number of para-hydroxylation sites is 1. The van der Waals surface area contributed by atoms with Crippen LogP contribution in [0.2, 0.25) is 0 Å². The molecule has 0 fully saturated rings. The molecule has 1 aliphatic heterocycles. The Labute approximate surface area is 117 Å². The van der Waals surface area contributed by atoms with Gasteiger partial charge in [-0.3, -0.25) is 0 Å². The summed E-state index contributed by atoms with van der Waals surface area (Å²) >= 11 is 0. The SMILES string of the molecule is CN1CCc2c(cc(C#N)c3c2[nH]c2ccccc23)C1. The van der Waals surface area contributed by atoms with Gasteiger partial charge in [-0.05, 0) is 36.7 Å². The van der Waals surface area contributed by atoms with Gasteiger partial charge in [0.05, 0.1) is 17.1 Å². The minimum absolute atomic E-state index is 0.784. The van der Waals surface area contributed by atoms with Crippen molar-refractivity contribution in [1.82, 2.24) is 9.88 Å². The number of fused-ring (bicyclic) bond motifs is 5. The van der Waals surface area contributed by atoms with Gasteiger partial charge in [0.2, 0.25) is 0 Å². The lowest BCUT2D eigenvalue weighted by atomic mass is 9.93. The topological polar surface area (TPSA) is 42.8 Å². The number of nitriles is 1. The molecule has 3 nitrogen and oxygen atoms in total. The first-order chi connectivity index (χ1) is 9.78. The first kappa shape index (κ1) is 11.5. The maximum Gasteiger partial charge on any atom is 0.0999 e. The number of benzene rings is 2. The van der Waals surface area contributed by atoms with Crippen LogP contribution in [0, 0.1) is 11.3 Å². The number of rotatable bonds is 0. The zero-order chi connectivity index (χ0) is 13.7. The normalized spacial score (nSPS) is 15.4. The molecule has 4 rings (SSSR count). The average Bonchev–Trinajstić information content (AvgIpc) is 2.85. The fraction of sp³-hybridized carbons (Fsp3) is 0.235. The van der Waals surface area contributed by atoms with E-state index in [1.165, 1.54) is 11.1 Å². The second-order valence-electron chi connectivity index (χ2n) is 5.58. The molecule has 2 heterocycles. The van der Waals surface area contributed by atoms with E-state index < -0.39 is 0 Å². The van der Waals surface area contributed by atoms with E-state index in [1.807, 2.05) is 12.1 Å². The zero-order valence-corrected chi connectivity index (χ0v) is 11.4. The summed E-state index contributed by atoms with van der Waals surface area (Å²) in [7, 11) is 2.13. The van der Waals surface area contributed by atoms with Crippen molar-refractivity contribution in [2.75, 3.05) is 13.6 Å². The van der Waals surface area contributed by atoms with Gasteiger partial charge in [0.15, 0.2) is 0 Å². The van der Waals surface area contributed by atoms with Gasteiger partial charge in [0.25, 0.3) is 0 Å². The van der Waals surface area contributed by atoms with Crippen molar-refractivity contribution in [2.24, 2.45) is 0 Å². The van der Waals surface area contributed by atoms with Crippen molar-refractivity contribution in [3.8, 4) is 6.07 Å². The van der Waals surface area contributed by atoms with Crippen LogP contribution in [0.1, 0.15) is 16.7 Å². The van der Waals surface area contributed by atoms with E-state index in [9.17, 15) is 5.26 Å². The highest BCUT2D eigenvalue weighted by Crippen LogP contribution is 2.34. The summed E-state index contributed by atoms with van der Waals surface area (Å²) in [5.41, 5.74) is 5.73. The van der Waals surface area contributed by atoms with E-state index in [4.69, 9.17) is 0 Å². The number of nitrogens with one attached hydrogen (secondary N) is 1. The van der Waals surface area contributed by atoms with Crippen LogP contribution in [0.25, 0.3) is 21.8 Å². The lowest BCUT2D eigenvalue weighted by Crippen LogP contribution is -2.26. The number of hydrogen-bond acceptors (Lipinski definition) is 2. The van der Waals surface area contributed by atoms with Gasteiger partial charge < -0.3 is 9.88 Å². The Balaban J connectivity index is 2.17. The Kier molecular flexibility index (Phi) is 2.35. The van der Waals surface area contributed by atoms with E-state index >= 15 is 0 Å². The van der Waals surface area contributed by atoms with Gasteiger partial charge in [-0.1, -0.05) is 18.2 Å². The van der Waals surface area contributed by atoms with Gasteiger partial charge in [-0.25, -0.2) is 0 Å². The van der Waals surface area contributed by atoms with Gasteiger partial charge in [0.1, 0.15) is 0 Å². The molecule has 20 heavy (non-hydrogen) atoms. The molecule has 0 spiro atoms. The number of aromatic nitrogens is 1. The number of H-pyrrole nitrogens is 1. The Bertz CT molecular complexity index is 867. The van der Waals surface area contributed by atoms with Crippen LogP contribution in [0.15, 0.2) is 30.3 Å². The summed E-state index contributed by atoms with van der Waals surface area (Å²) < 4.78 is 0. The molecule has 0 radical (unpaired) electrons. The number of nitrogens with zero attached hydrogens (tertiary/aromatic N) is 2. The summed E-state index contributed by atoms with van der Waals surface area (Å²) in [5.74, 6) is 0. The third kappa shape index (κ3) is 1.49. The van der Waals surface area contributed by atoms with Crippen LogP contribution < -0.4 is 0 Å². The lowest BCUT2D eigenvalue weighted by molar-refractivity contribution is 0.314. The highest BCUT2D eigenvalue weighted by Gasteiger charge is 2.20. The van der Waals surface area contributed by atoms with E-state index in [0.29, 0.717) is 0 Å². The van der Waals surface area contributed by atoms with E-state index in [-0.39, 0.29) is 0 Å². The fourth-order valence-electron chi connectivity index (χ4n) is 3.33. The monoisotopic (exact) mass is 261 g/mol. The Hall–Kier alpha value is -2.31. The van der Waals surface area contributed by atoms with Crippen LogP contribution in [-0.2, 0) is 13.0 Å². The van der Waals surface area contributed by atoms with Crippen molar-refractivity contribution in [3.05, 3.63) is 47.0 Å². The van der Waals surface area contributed by atoms with Crippen LogP contribution in [0.3, 0.4) is 0 Å². The molecule has 0 amide bonds. The minimum Gasteiger partial charge on any atom is -0.354 e.